The van der Waals surface area contributed by atoms with Crippen molar-refractivity contribution < 1.29 is 5.11 Å². The quantitative estimate of drug-likeness (QED) is 0.660. The second kappa shape index (κ2) is 6.17. The highest BCUT2D eigenvalue weighted by Crippen LogP contribution is 2.37. The number of rotatable bonds is 3. The average Bonchev–Trinajstić information content (AvgIpc) is 3.41. The van der Waals surface area contributed by atoms with Crippen molar-refractivity contribution in [1.82, 2.24) is 9.55 Å². The molecule has 1 aromatic heterocycles. The summed E-state index contributed by atoms with van der Waals surface area (Å²) in [6.07, 6.45) is 12.5. The highest BCUT2D eigenvalue weighted by atomic mass is 16.3. The smallest absolute Gasteiger partial charge is 0.123 e. The van der Waals surface area contributed by atoms with Gasteiger partial charge in [0, 0.05) is 11.6 Å². The van der Waals surface area contributed by atoms with Gasteiger partial charge in [0.1, 0.15) is 5.75 Å². The van der Waals surface area contributed by atoms with E-state index in [0.29, 0.717) is 11.8 Å². The zero-order valence-electron chi connectivity index (χ0n) is 14.7. The molecule has 1 heterocycles. The summed E-state index contributed by atoms with van der Waals surface area (Å²) in [4.78, 5) is 4.67. The van der Waals surface area contributed by atoms with Crippen molar-refractivity contribution in [3.05, 3.63) is 72.1 Å². The molecular formula is C23H22N2O. The summed E-state index contributed by atoms with van der Waals surface area (Å²) in [5.41, 5.74) is 6.81. The maximum atomic E-state index is 10.1. The largest absolute Gasteiger partial charge is 0.507 e. The summed E-state index contributed by atoms with van der Waals surface area (Å²) in [6, 6.07) is 14.8. The van der Waals surface area contributed by atoms with Crippen molar-refractivity contribution in [2.45, 2.75) is 38.1 Å². The lowest BCUT2D eigenvalue weighted by Crippen LogP contribution is -2.02. The van der Waals surface area contributed by atoms with Gasteiger partial charge in [-0.1, -0.05) is 49.3 Å². The van der Waals surface area contributed by atoms with Crippen molar-refractivity contribution in [2.75, 3.05) is 0 Å². The lowest BCUT2D eigenvalue weighted by Gasteiger charge is -2.12. The summed E-state index contributed by atoms with van der Waals surface area (Å²) >= 11 is 0. The van der Waals surface area contributed by atoms with Gasteiger partial charge in [-0.15, -0.1) is 0 Å². The molecule has 3 nitrogen and oxygen atoms in total. The molecule has 0 radical (unpaired) electrons. The highest BCUT2D eigenvalue weighted by molar-refractivity contribution is 5.92. The lowest BCUT2D eigenvalue weighted by molar-refractivity contribution is 0.474. The Labute approximate surface area is 153 Å². The number of benzene rings is 2. The Morgan fingerprint density at radius 2 is 1.88 bits per heavy atom. The van der Waals surface area contributed by atoms with E-state index in [1.165, 1.54) is 42.3 Å². The molecule has 130 valence electrons. The molecule has 2 aliphatic carbocycles. The summed E-state index contributed by atoms with van der Waals surface area (Å²) in [7, 11) is 0. The molecule has 1 saturated carbocycles. The average molecular weight is 342 g/mol. The van der Waals surface area contributed by atoms with E-state index in [2.05, 4.69) is 39.9 Å². The van der Waals surface area contributed by atoms with Crippen LogP contribution in [-0.2, 0) is 0 Å². The van der Waals surface area contributed by atoms with E-state index in [4.69, 9.17) is 0 Å². The molecule has 0 saturated heterocycles. The normalized spacial score (nSPS) is 17.7. The van der Waals surface area contributed by atoms with E-state index < -0.39 is 0 Å². The topological polar surface area (TPSA) is 38.1 Å². The fraction of sp³-hybridized carbons (Fsp3) is 0.261. The lowest BCUT2D eigenvalue weighted by atomic mass is 10.0. The van der Waals surface area contributed by atoms with Crippen LogP contribution in [0.1, 0.15) is 49.3 Å². The van der Waals surface area contributed by atoms with Crippen LogP contribution in [0.2, 0.25) is 0 Å². The SMILES string of the molecule is Oc1ccccc1C1=CCC(c2ccc3c(c2)ncn3C2CCCC2)=C1. The number of phenolic OH excluding ortho intramolecular Hbond substituents is 1. The number of hydrogen-bond acceptors (Lipinski definition) is 2. The molecule has 2 aromatic carbocycles. The first kappa shape index (κ1) is 15.4. The predicted octanol–water partition coefficient (Wildman–Crippen LogP) is 5.73. The minimum absolute atomic E-state index is 0.335. The van der Waals surface area contributed by atoms with E-state index in [1.54, 1.807) is 6.07 Å². The van der Waals surface area contributed by atoms with Crippen molar-refractivity contribution >= 4 is 22.2 Å². The Hall–Kier alpha value is -2.81. The van der Waals surface area contributed by atoms with Gasteiger partial charge in [0.25, 0.3) is 0 Å². The molecular weight excluding hydrogens is 320 g/mol. The Bertz CT molecular complexity index is 1040. The van der Waals surface area contributed by atoms with Gasteiger partial charge in [-0.05, 0) is 54.2 Å². The van der Waals surface area contributed by atoms with Crippen molar-refractivity contribution in [1.29, 1.82) is 0 Å². The van der Waals surface area contributed by atoms with Crippen molar-refractivity contribution in [2.24, 2.45) is 0 Å². The predicted molar refractivity (Wildman–Crippen MR) is 106 cm³/mol. The first-order valence-corrected chi connectivity index (χ1v) is 9.46. The van der Waals surface area contributed by atoms with Gasteiger partial charge in [-0.25, -0.2) is 4.98 Å². The van der Waals surface area contributed by atoms with Crippen LogP contribution in [0.5, 0.6) is 5.75 Å². The van der Waals surface area contributed by atoms with Crippen molar-refractivity contribution in [3.63, 3.8) is 0 Å². The third kappa shape index (κ3) is 2.55. The molecule has 26 heavy (non-hydrogen) atoms. The molecule has 0 aliphatic heterocycles. The second-order valence-corrected chi connectivity index (χ2v) is 7.34. The Morgan fingerprint density at radius 3 is 2.73 bits per heavy atom. The van der Waals surface area contributed by atoms with Gasteiger partial charge in [0.2, 0.25) is 0 Å². The molecule has 5 rings (SSSR count). The number of aromatic nitrogens is 2. The Balaban J connectivity index is 1.47. The molecule has 0 bridgehead atoms. The van der Waals surface area contributed by atoms with E-state index in [0.717, 1.165) is 23.1 Å². The van der Waals surface area contributed by atoms with Crippen LogP contribution in [0.3, 0.4) is 0 Å². The van der Waals surface area contributed by atoms with E-state index in [1.807, 2.05) is 24.5 Å². The van der Waals surface area contributed by atoms with Gasteiger partial charge in [-0.3, -0.25) is 0 Å². The van der Waals surface area contributed by atoms with Crippen LogP contribution in [0.4, 0.5) is 0 Å². The minimum atomic E-state index is 0.335. The second-order valence-electron chi connectivity index (χ2n) is 7.34. The van der Waals surface area contributed by atoms with E-state index in [9.17, 15) is 5.11 Å². The van der Waals surface area contributed by atoms with Crippen LogP contribution >= 0.6 is 0 Å². The summed E-state index contributed by atoms with van der Waals surface area (Å²) in [5, 5.41) is 10.1. The molecule has 0 unspecified atom stereocenters. The first-order valence-electron chi connectivity index (χ1n) is 9.46. The maximum Gasteiger partial charge on any atom is 0.123 e. The first-order chi connectivity index (χ1) is 12.8. The third-order valence-corrected chi connectivity index (χ3v) is 5.75. The third-order valence-electron chi connectivity index (χ3n) is 5.75. The van der Waals surface area contributed by atoms with E-state index >= 15 is 0 Å². The monoisotopic (exact) mass is 342 g/mol. The maximum absolute atomic E-state index is 10.1. The molecule has 3 aromatic rings. The fourth-order valence-electron chi connectivity index (χ4n) is 4.34. The van der Waals surface area contributed by atoms with Crippen LogP contribution in [-0.4, -0.2) is 14.7 Å². The fourth-order valence-corrected chi connectivity index (χ4v) is 4.34. The standard InChI is InChI=1S/C23H22N2O/c26-23-8-4-3-7-20(23)18-10-9-16(13-18)17-11-12-22-21(14-17)24-15-25(22)19-5-1-2-6-19/h3-4,7-8,10-15,19,26H,1-2,5-6,9H2. The molecule has 2 aliphatic rings. The zero-order chi connectivity index (χ0) is 17.5. The minimum Gasteiger partial charge on any atom is -0.507 e. The van der Waals surface area contributed by atoms with Gasteiger partial charge >= 0.3 is 0 Å². The van der Waals surface area contributed by atoms with E-state index in [-0.39, 0.29) is 0 Å². The van der Waals surface area contributed by atoms with Crippen LogP contribution in [0, 0.1) is 0 Å². The number of aromatic hydroxyl groups is 1. The number of phenols is 1. The van der Waals surface area contributed by atoms with Crippen LogP contribution < -0.4 is 0 Å². The number of imidazole rings is 1. The van der Waals surface area contributed by atoms with Gasteiger partial charge in [-0.2, -0.15) is 0 Å². The van der Waals surface area contributed by atoms with Crippen molar-refractivity contribution in [3.8, 4) is 5.75 Å². The number of para-hydroxylation sites is 1. The molecule has 0 amide bonds. The van der Waals surface area contributed by atoms with Crippen LogP contribution in [0.15, 0.2) is 60.9 Å². The van der Waals surface area contributed by atoms with Gasteiger partial charge in [0.15, 0.2) is 0 Å². The number of nitrogens with zero attached hydrogens (tertiary/aromatic N) is 2. The molecule has 3 heteroatoms. The summed E-state index contributed by atoms with van der Waals surface area (Å²) in [6.45, 7) is 0. The van der Waals surface area contributed by atoms with Crippen LogP contribution in [0.25, 0.3) is 22.2 Å². The molecule has 1 N–H and O–H groups in total. The summed E-state index contributed by atoms with van der Waals surface area (Å²) < 4.78 is 2.36. The molecule has 0 spiro atoms. The summed E-state index contributed by atoms with van der Waals surface area (Å²) in [5.74, 6) is 0.335. The Morgan fingerprint density at radius 1 is 1.04 bits per heavy atom. The number of allylic oxidation sites excluding steroid dienone is 4. The van der Waals surface area contributed by atoms with Gasteiger partial charge < -0.3 is 9.67 Å². The number of hydrogen-bond donors (Lipinski definition) is 1. The molecule has 0 atom stereocenters. The van der Waals surface area contributed by atoms with Gasteiger partial charge in [0.05, 0.1) is 17.4 Å². The zero-order valence-corrected chi connectivity index (χ0v) is 14.7. The molecule has 1 fully saturated rings. The number of fused-ring (bicyclic) bond motifs is 1. The highest BCUT2D eigenvalue weighted by Gasteiger charge is 2.19. The Kier molecular flexibility index (Phi) is 3.66.